The molecule has 0 bridgehead atoms. The van der Waals surface area contributed by atoms with Gasteiger partial charge in [0.05, 0.1) is 24.4 Å². The summed E-state index contributed by atoms with van der Waals surface area (Å²) in [5, 5.41) is 2.75. The van der Waals surface area contributed by atoms with Gasteiger partial charge in [-0.2, -0.15) is 0 Å². The second kappa shape index (κ2) is 8.58. The van der Waals surface area contributed by atoms with Crippen LogP contribution in [0.25, 0.3) is 10.7 Å². The van der Waals surface area contributed by atoms with Crippen LogP contribution in [0, 0.1) is 6.92 Å². The van der Waals surface area contributed by atoms with Gasteiger partial charge in [-0.15, -0.1) is 11.3 Å². The van der Waals surface area contributed by atoms with Crippen LogP contribution < -0.4 is 4.74 Å². The van der Waals surface area contributed by atoms with Crippen LogP contribution in [-0.2, 0) is 11.2 Å². The number of amides is 1. The Hall–Kier alpha value is -2.73. The molecule has 0 saturated carbocycles. The second-order valence-electron chi connectivity index (χ2n) is 5.97. The van der Waals surface area contributed by atoms with Gasteiger partial charge in [-0.3, -0.25) is 9.78 Å². The largest absolute Gasteiger partial charge is 0.491 e. The standard InChI is InChI=1S/C20H21N3O2S/c1-15-7-3-4-9-18(15)25-12-11-23(2)19(24)13-16-14-26-20(22-16)17-8-5-6-10-21-17/h3-10,14H,11-13H2,1-2H3. The Balaban J connectivity index is 1.50. The molecule has 1 amide bonds. The molecule has 0 aliphatic rings. The molecule has 26 heavy (non-hydrogen) atoms. The summed E-state index contributed by atoms with van der Waals surface area (Å²) >= 11 is 1.50. The van der Waals surface area contributed by atoms with Crippen molar-refractivity contribution in [2.75, 3.05) is 20.2 Å². The van der Waals surface area contributed by atoms with Gasteiger partial charge >= 0.3 is 0 Å². The predicted octanol–water partition coefficient (Wildman–Crippen LogP) is 3.59. The van der Waals surface area contributed by atoms with Crippen molar-refractivity contribution in [2.45, 2.75) is 13.3 Å². The highest BCUT2D eigenvalue weighted by molar-refractivity contribution is 7.13. The Morgan fingerprint density at radius 3 is 2.77 bits per heavy atom. The third-order valence-corrected chi connectivity index (χ3v) is 4.89. The van der Waals surface area contributed by atoms with Crippen molar-refractivity contribution in [3.8, 4) is 16.5 Å². The first-order valence-electron chi connectivity index (χ1n) is 8.41. The summed E-state index contributed by atoms with van der Waals surface area (Å²) in [6.07, 6.45) is 2.02. The number of carbonyl (C=O) groups excluding carboxylic acids is 1. The fourth-order valence-electron chi connectivity index (χ4n) is 2.42. The van der Waals surface area contributed by atoms with E-state index in [1.54, 1.807) is 18.1 Å². The summed E-state index contributed by atoms with van der Waals surface area (Å²) in [7, 11) is 1.79. The molecule has 1 aromatic carbocycles. The van der Waals surface area contributed by atoms with Crippen molar-refractivity contribution in [3.63, 3.8) is 0 Å². The summed E-state index contributed by atoms with van der Waals surface area (Å²) in [5.41, 5.74) is 2.69. The summed E-state index contributed by atoms with van der Waals surface area (Å²) in [4.78, 5) is 22.9. The first kappa shape index (κ1) is 18.1. The van der Waals surface area contributed by atoms with Crippen molar-refractivity contribution in [2.24, 2.45) is 0 Å². The van der Waals surface area contributed by atoms with E-state index in [1.807, 2.05) is 54.8 Å². The SMILES string of the molecule is Cc1ccccc1OCCN(C)C(=O)Cc1csc(-c2ccccn2)n1. The van der Waals surface area contributed by atoms with E-state index in [4.69, 9.17) is 4.74 Å². The van der Waals surface area contributed by atoms with E-state index >= 15 is 0 Å². The molecule has 0 aliphatic carbocycles. The minimum absolute atomic E-state index is 0.0243. The number of aryl methyl sites for hydroxylation is 1. The number of hydrogen-bond acceptors (Lipinski definition) is 5. The van der Waals surface area contributed by atoms with E-state index in [-0.39, 0.29) is 12.3 Å². The molecular formula is C20H21N3O2S. The van der Waals surface area contributed by atoms with Crippen LogP contribution in [0.5, 0.6) is 5.75 Å². The van der Waals surface area contributed by atoms with Crippen molar-refractivity contribution in [3.05, 3.63) is 65.3 Å². The zero-order valence-corrected chi connectivity index (χ0v) is 15.7. The Kier molecular flexibility index (Phi) is 5.96. The molecule has 0 unspecified atom stereocenters. The van der Waals surface area contributed by atoms with Crippen LogP contribution in [0.2, 0.25) is 0 Å². The highest BCUT2D eigenvalue weighted by atomic mass is 32.1. The normalized spacial score (nSPS) is 10.5. The van der Waals surface area contributed by atoms with Crippen LogP contribution in [-0.4, -0.2) is 41.0 Å². The molecule has 2 heterocycles. The average molecular weight is 367 g/mol. The summed E-state index contributed by atoms with van der Waals surface area (Å²) < 4.78 is 5.75. The summed E-state index contributed by atoms with van der Waals surface area (Å²) in [6, 6.07) is 13.6. The molecule has 0 atom stereocenters. The molecule has 0 fully saturated rings. The number of aromatic nitrogens is 2. The van der Waals surface area contributed by atoms with E-state index in [0.717, 1.165) is 27.7 Å². The van der Waals surface area contributed by atoms with Crippen LogP contribution in [0.3, 0.4) is 0 Å². The minimum Gasteiger partial charge on any atom is -0.491 e. The van der Waals surface area contributed by atoms with E-state index in [9.17, 15) is 4.79 Å². The third-order valence-electron chi connectivity index (χ3n) is 3.97. The van der Waals surface area contributed by atoms with Crippen molar-refractivity contribution >= 4 is 17.2 Å². The topological polar surface area (TPSA) is 55.3 Å². The molecule has 0 radical (unpaired) electrons. The lowest BCUT2D eigenvalue weighted by molar-refractivity contribution is -0.129. The average Bonchev–Trinajstić information content (AvgIpc) is 3.12. The number of pyridine rings is 1. The van der Waals surface area contributed by atoms with Crippen LogP contribution in [0.1, 0.15) is 11.3 Å². The van der Waals surface area contributed by atoms with E-state index in [0.29, 0.717) is 13.2 Å². The summed E-state index contributed by atoms with van der Waals surface area (Å²) in [6.45, 7) is 3.00. The van der Waals surface area contributed by atoms with Crippen molar-refractivity contribution < 1.29 is 9.53 Å². The number of nitrogens with zero attached hydrogens (tertiary/aromatic N) is 3. The fourth-order valence-corrected chi connectivity index (χ4v) is 3.22. The van der Waals surface area contributed by atoms with Crippen molar-refractivity contribution in [1.29, 1.82) is 0 Å². The van der Waals surface area contributed by atoms with Gasteiger partial charge in [-0.1, -0.05) is 24.3 Å². The molecule has 0 saturated heterocycles. The smallest absolute Gasteiger partial charge is 0.228 e. The zero-order chi connectivity index (χ0) is 18.4. The van der Waals surface area contributed by atoms with E-state index in [2.05, 4.69) is 9.97 Å². The molecule has 0 spiro atoms. The second-order valence-corrected chi connectivity index (χ2v) is 6.82. The Morgan fingerprint density at radius 2 is 2.00 bits per heavy atom. The Bertz CT molecular complexity index is 864. The van der Waals surface area contributed by atoms with Crippen LogP contribution in [0.4, 0.5) is 0 Å². The first-order valence-corrected chi connectivity index (χ1v) is 9.29. The van der Waals surface area contributed by atoms with Crippen LogP contribution in [0.15, 0.2) is 54.0 Å². The molecule has 2 aromatic heterocycles. The number of hydrogen-bond donors (Lipinski definition) is 0. The van der Waals surface area contributed by atoms with Gasteiger partial charge < -0.3 is 9.64 Å². The van der Waals surface area contributed by atoms with Gasteiger partial charge in [-0.25, -0.2) is 4.98 Å². The van der Waals surface area contributed by atoms with Crippen molar-refractivity contribution in [1.82, 2.24) is 14.9 Å². The first-order chi connectivity index (χ1) is 12.6. The molecule has 5 nitrogen and oxygen atoms in total. The number of carbonyl (C=O) groups is 1. The molecule has 3 aromatic rings. The van der Waals surface area contributed by atoms with E-state index in [1.165, 1.54) is 11.3 Å². The molecule has 0 N–H and O–H groups in total. The predicted molar refractivity (Wildman–Crippen MR) is 103 cm³/mol. The molecular weight excluding hydrogens is 346 g/mol. The highest BCUT2D eigenvalue weighted by Gasteiger charge is 2.13. The maximum Gasteiger partial charge on any atom is 0.228 e. The minimum atomic E-state index is 0.0243. The van der Waals surface area contributed by atoms with Gasteiger partial charge in [0, 0.05) is 18.6 Å². The van der Waals surface area contributed by atoms with Gasteiger partial charge in [0.1, 0.15) is 17.4 Å². The lowest BCUT2D eigenvalue weighted by atomic mass is 10.2. The lowest BCUT2D eigenvalue weighted by Gasteiger charge is -2.17. The molecule has 134 valence electrons. The van der Waals surface area contributed by atoms with Gasteiger partial charge in [0.2, 0.25) is 5.91 Å². The fraction of sp³-hybridized carbons (Fsp3) is 0.250. The maximum absolute atomic E-state index is 12.4. The monoisotopic (exact) mass is 367 g/mol. The number of benzene rings is 1. The van der Waals surface area contributed by atoms with E-state index < -0.39 is 0 Å². The maximum atomic E-state index is 12.4. The number of para-hydroxylation sites is 1. The number of likely N-dealkylation sites (N-methyl/N-ethyl adjacent to an activating group) is 1. The number of rotatable bonds is 7. The summed E-state index contributed by atoms with van der Waals surface area (Å²) in [5.74, 6) is 0.879. The van der Waals surface area contributed by atoms with Gasteiger partial charge in [0.15, 0.2) is 0 Å². The Morgan fingerprint density at radius 1 is 1.19 bits per heavy atom. The van der Waals surface area contributed by atoms with Gasteiger partial charge in [0.25, 0.3) is 0 Å². The van der Waals surface area contributed by atoms with Crippen LogP contribution >= 0.6 is 11.3 Å². The third kappa shape index (κ3) is 4.67. The molecule has 3 rings (SSSR count). The molecule has 6 heteroatoms. The number of ether oxygens (including phenoxy) is 1. The number of thiazole rings is 1. The molecule has 0 aliphatic heterocycles. The zero-order valence-electron chi connectivity index (χ0n) is 14.9. The quantitative estimate of drug-likeness (QED) is 0.640. The lowest BCUT2D eigenvalue weighted by Crippen LogP contribution is -2.32. The van der Waals surface area contributed by atoms with Gasteiger partial charge in [-0.05, 0) is 30.7 Å². The Labute approximate surface area is 157 Å². The highest BCUT2D eigenvalue weighted by Crippen LogP contribution is 2.21.